The summed E-state index contributed by atoms with van der Waals surface area (Å²) in [5.41, 5.74) is 2.52. The molecule has 0 bridgehead atoms. The fraction of sp³-hybridized carbons (Fsp3) is 0.333. The molecule has 9 nitrogen and oxygen atoms in total. The van der Waals surface area contributed by atoms with Crippen LogP contribution in [0, 0.1) is 12.7 Å². The number of likely N-dealkylation sites (N-methyl/N-ethyl adjacent to an activating group) is 1. The maximum Gasteiger partial charge on any atom is 0.343 e. The number of aliphatic hydroxyl groups is 2. The van der Waals surface area contributed by atoms with E-state index < -0.39 is 41.0 Å². The molecule has 4 heterocycles. The number of carbonyl (C=O) groups is 2. The van der Waals surface area contributed by atoms with Crippen molar-refractivity contribution < 1.29 is 28.9 Å². The van der Waals surface area contributed by atoms with Crippen molar-refractivity contribution in [3.8, 4) is 11.4 Å². The van der Waals surface area contributed by atoms with Gasteiger partial charge in [-0.3, -0.25) is 9.59 Å². The number of halogens is 1. The Bertz CT molecular complexity index is 1940. The zero-order valence-electron chi connectivity index (χ0n) is 24.0. The number of cyclic esters (lactones) is 1. The number of fused-ring (bicyclic) bond motifs is 5. The Morgan fingerprint density at radius 3 is 2.67 bits per heavy atom. The molecule has 0 spiro atoms. The Hall–Kier alpha value is -4.41. The summed E-state index contributed by atoms with van der Waals surface area (Å²) in [6.45, 7) is 3.26. The SMILES string of the molecule is CC[C@@]1(O)C(=O)OCc2c1cc1n(c2=O)Cc2c-1nc1cc(F)c(C)c3c1c2[C@@H](N(C)C(=O)[C@H](O)c1ccccc1)CC3. The third-order valence-corrected chi connectivity index (χ3v) is 9.51. The first-order chi connectivity index (χ1) is 20.6. The molecule has 2 aromatic heterocycles. The number of ether oxygens (including phenoxy) is 1. The summed E-state index contributed by atoms with van der Waals surface area (Å²) in [7, 11) is 1.65. The van der Waals surface area contributed by atoms with E-state index in [0.29, 0.717) is 46.4 Å². The van der Waals surface area contributed by atoms with Crippen LogP contribution in [0.2, 0.25) is 0 Å². The van der Waals surface area contributed by atoms with Crippen LogP contribution in [0.4, 0.5) is 4.39 Å². The number of pyridine rings is 2. The van der Waals surface area contributed by atoms with Crippen molar-refractivity contribution >= 4 is 22.8 Å². The number of aromatic nitrogens is 2. The molecule has 0 saturated carbocycles. The van der Waals surface area contributed by atoms with Gasteiger partial charge in [0.05, 0.1) is 35.1 Å². The first kappa shape index (κ1) is 27.4. The van der Waals surface area contributed by atoms with E-state index in [-0.39, 0.29) is 30.7 Å². The Labute approximate surface area is 246 Å². The lowest BCUT2D eigenvalue weighted by Gasteiger charge is -2.36. The minimum atomic E-state index is -1.98. The first-order valence-corrected chi connectivity index (χ1v) is 14.4. The van der Waals surface area contributed by atoms with Crippen LogP contribution in [0.15, 0.2) is 47.3 Å². The highest BCUT2D eigenvalue weighted by Crippen LogP contribution is 2.47. The Kier molecular flexibility index (Phi) is 6.09. The quantitative estimate of drug-likeness (QED) is 0.310. The van der Waals surface area contributed by atoms with Gasteiger partial charge in [0, 0.05) is 29.6 Å². The molecule has 3 aliphatic rings. The molecule has 0 saturated heterocycles. The van der Waals surface area contributed by atoms with Crippen molar-refractivity contribution in [3.63, 3.8) is 0 Å². The zero-order chi connectivity index (χ0) is 30.4. The van der Waals surface area contributed by atoms with Gasteiger partial charge in [-0.15, -0.1) is 0 Å². The van der Waals surface area contributed by atoms with Gasteiger partial charge in [0.1, 0.15) is 12.4 Å². The van der Waals surface area contributed by atoms with E-state index >= 15 is 4.39 Å². The molecule has 43 heavy (non-hydrogen) atoms. The topological polar surface area (TPSA) is 122 Å². The van der Waals surface area contributed by atoms with Crippen LogP contribution < -0.4 is 5.56 Å². The third kappa shape index (κ3) is 3.76. The number of hydrogen-bond donors (Lipinski definition) is 2. The van der Waals surface area contributed by atoms with Gasteiger partial charge in [0.2, 0.25) is 0 Å². The summed E-state index contributed by atoms with van der Waals surface area (Å²) in [4.78, 5) is 46.5. The van der Waals surface area contributed by atoms with Gasteiger partial charge in [-0.1, -0.05) is 37.3 Å². The van der Waals surface area contributed by atoms with E-state index in [9.17, 15) is 24.6 Å². The minimum absolute atomic E-state index is 0.0115. The molecule has 220 valence electrons. The number of aryl methyl sites for hydroxylation is 1. The summed E-state index contributed by atoms with van der Waals surface area (Å²) in [6, 6.07) is 11.2. The second-order valence-corrected chi connectivity index (χ2v) is 11.6. The van der Waals surface area contributed by atoms with Crippen molar-refractivity contribution in [2.24, 2.45) is 0 Å². The summed E-state index contributed by atoms with van der Waals surface area (Å²) >= 11 is 0. The van der Waals surface area contributed by atoms with Crippen LogP contribution in [0.1, 0.15) is 70.9 Å². The summed E-state index contributed by atoms with van der Waals surface area (Å²) < 4.78 is 21.9. The molecule has 1 amide bonds. The fourth-order valence-corrected chi connectivity index (χ4v) is 7.04. The van der Waals surface area contributed by atoms with Crippen LogP contribution in [0.3, 0.4) is 0 Å². The fourth-order valence-electron chi connectivity index (χ4n) is 7.04. The number of nitrogens with zero attached hydrogens (tertiary/aromatic N) is 3. The third-order valence-electron chi connectivity index (χ3n) is 9.51. The molecule has 2 N–H and O–H groups in total. The van der Waals surface area contributed by atoms with Crippen molar-refractivity contribution in [2.75, 3.05) is 7.05 Å². The normalized spacial score (nSPS) is 20.7. The molecule has 0 radical (unpaired) electrons. The van der Waals surface area contributed by atoms with Gasteiger partial charge in [0.15, 0.2) is 11.7 Å². The van der Waals surface area contributed by atoms with Gasteiger partial charge < -0.3 is 24.4 Å². The molecule has 0 unspecified atom stereocenters. The monoisotopic (exact) mass is 583 g/mol. The predicted molar refractivity (Wildman–Crippen MR) is 154 cm³/mol. The highest BCUT2D eigenvalue weighted by atomic mass is 19.1. The van der Waals surface area contributed by atoms with Crippen LogP contribution in [-0.4, -0.2) is 43.6 Å². The van der Waals surface area contributed by atoms with Crippen molar-refractivity contribution in [3.05, 3.63) is 97.6 Å². The van der Waals surface area contributed by atoms with E-state index in [0.717, 1.165) is 16.5 Å². The van der Waals surface area contributed by atoms with Crippen molar-refractivity contribution in [2.45, 2.75) is 64.0 Å². The van der Waals surface area contributed by atoms with Crippen molar-refractivity contribution in [1.82, 2.24) is 14.5 Å². The predicted octanol–water partition coefficient (Wildman–Crippen LogP) is 3.71. The van der Waals surface area contributed by atoms with E-state index in [4.69, 9.17) is 9.72 Å². The number of carbonyl (C=O) groups excluding carboxylic acids is 2. The Morgan fingerprint density at radius 2 is 1.95 bits per heavy atom. The van der Waals surface area contributed by atoms with Crippen LogP contribution >= 0.6 is 0 Å². The van der Waals surface area contributed by atoms with E-state index in [1.807, 2.05) is 6.07 Å². The van der Waals surface area contributed by atoms with E-state index in [1.165, 1.54) is 15.5 Å². The molecule has 7 rings (SSSR count). The minimum Gasteiger partial charge on any atom is -0.458 e. The number of hydrogen-bond acceptors (Lipinski definition) is 7. The molecule has 1 aliphatic carbocycles. The van der Waals surface area contributed by atoms with Crippen molar-refractivity contribution in [1.29, 1.82) is 0 Å². The second kappa shape index (κ2) is 9.55. The van der Waals surface area contributed by atoms with Gasteiger partial charge in [-0.25, -0.2) is 14.2 Å². The maximum absolute atomic E-state index is 15.2. The Balaban J connectivity index is 1.45. The average Bonchev–Trinajstić information content (AvgIpc) is 3.39. The van der Waals surface area contributed by atoms with Crippen LogP contribution in [0.5, 0.6) is 0 Å². The number of aliphatic hydroxyl groups excluding tert-OH is 1. The maximum atomic E-state index is 15.2. The van der Waals surface area contributed by atoms with Gasteiger partial charge in [0.25, 0.3) is 11.5 Å². The lowest BCUT2D eigenvalue weighted by molar-refractivity contribution is -0.172. The average molecular weight is 584 g/mol. The lowest BCUT2D eigenvalue weighted by atomic mass is 9.81. The molecule has 2 aliphatic heterocycles. The number of amides is 1. The van der Waals surface area contributed by atoms with Crippen LogP contribution in [-0.2, 0) is 39.5 Å². The summed E-state index contributed by atoms with van der Waals surface area (Å²) in [5, 5.41) is 23.0. The van der Waals surface area contributed by atoms with Gasteiger partial charge in [-0.2, -0.15) is 0 Å². The number of esters is 1. The number of benzene rings is 2. The zero-order valence-corrected chi connectivity index (χ0v) is 24.0. The molecule has 3 atom stereocenters. The van der Waals surface area contributed by atoms with E-state index in [1.54, 1.807) is 51.2 Å². The first-order valence-electron chi connectivity index (χ1n) is 14.4. The highest BCUT2D eigenvalue weighted by molar-refractivity contribution is 5.94. The van der Waals surface area contributed by atoms with Gasteiger partial charge >= 0.3 is 5.97 Å². The summed E-state index contributed by atoms with van der Waals surface area (Å²) in [5.74, 6) is -1.69. The molecular weight excluding hydrogens is 553 g/mol. The van der Waals surface area contributed by atoms with E-state index in [2.05, 4.69) is 0 Å². The molecule has 2 aromatic carbocycles. The summed E-state index contributed by atoms with van der Waals surface area (Å²) in [6.07, 6.45) is -0.380. The second-order valence-electron chi connectivity index (χ2n) is 11.6. The van der Waals surface area contributed by atoms with Gasteiger partial charge in [-0.05, 0) is 54.5 Å². The highest BCUT2D eigenvalue weighted by Gasteiger charge is 2.46. The number of rotatable bonds is 4. The molecule has 10 heteroatoms. The Morgan fingerprint density at radius 1 is 1.21 bits per heavy atom. The largest absolute Gasteiger partial charge is 0.458 e. The smallest absolute Gasteiger partial charge is 0.343 e. The molecule has 4 aromatic rings. The standard InChI is InChI=1S/C33H30FN3O6/c1-4-33(42)21-12-25-28-19(14-37(25)30(39)20(21)15-43-32(33)41)27-24(36(3)31(40)29(38)17-8-6-5-7-9-17)11-10-18-16(2)22(34)13-23(35-28)26(18)27/h5-9,12-13,24,29,38,42H,4,10-11,14-15H2,1-3H3/t24-,29+,33-/m0/s1. The molecule has 0 fully saturated rings. The molecular formula is C33H30FN3O6. The van der Waals surface area contributed by atoms with Crippen LogP contribution in [0.25, 0.3) is 22.3 Å². The lowest BCUT2D eigenvalue weighted by Crippen LogP contribution is -2.44.